The highest BCUT2D eigenvalue weighted by molar-refractivity contribution is 5.56. The van der Waals surface area contributed by atoms with E-state index in [0.29, 0.717) is 11.3 Å². The van der Waals surface area contributed by atoms with Crippen molar-refractivity contribution < 1.29 is 13.9 Å². The lowest BCUT2D eigenvalue weighted by molar-refractivity contribution is 0.194. The van der Waals surface area contributed by atoms with Gasteiger partial charge in [0.05, 0.1) is 12.1 Å². The van der Waals surface area contributed by atoms with E-state index in [4.69, 9.17) is 0 Å². The minimum Gasteiger partial charge on any atom is -0.389 e. The van der Waals surface area contributed by atoms with E-state index in [1.54, 1.807) is 42.3 Å². The summed E-state index contributed by atoms with van der Waals surface area (Å²) in [6.45, 7) is 3.36. The molecule has 112 valence electrons. The smallest absolute Gasteiger partial charge is 0.131 e. The fourth-order valence-corrected chi connectivity index (χ4v) is 2.48. The van der Waals surface area contributed by atoms with Gasteiger partial charge in [0.25, 0.3) is 0 Å². The number of nitrogens with zero attached hydrogens (tertiary/aromatic N) is 1. The quantitative estimate of drug-likeness (QED) is 0.912. The fraction of sp³-hybridized carbons (Fsp3) is 0.294. The standard InChI is InChI=1S/C17H19F2NO/c1-11(13-7-4-5-8-14(13)18)20(3)16-10-6-9-15(19)17(16)12(2)21/h4-12,21H,1-3H3/t11?,12-/m1/s1. The lowest BCUT2D eigenvalue weighted by Crippen LogP contribution is -2.24. The molecule has 0 saturated carbocycles. The van der Waals surface area contributed by atoms with Gasteiger partial charge in [0.2, 0.25) is 0 Å². The Hall–Kier alpha value is -1.94. The SMILES string of the molecule is CC(c1ccccc1F)N(C)c1cccc(F)c1[C@@H](C)O. The number of hydrogen-bond acceptors (Lipinski definition) is 2. The van der Waals surface area contributed by atoms with E-state index in [1.807, 2.05) is 6.92 Å². The molecule has 0 aromatic heterocycles. The third kappa shape index (κ3) is 3.05. The summed E-state index contributed by atoms with van der Waals surface area (Å²) in [5.41, 5.74) is 1.31. The van der Waals surface area contributed by atoms with Gasteiger partial charge in [-0.25, -0.2) is 8.78 Å². The molecule has 0 amide bonds. The summed E-state index contributed by atoms with van der Waals surface area (Å²) in [5, 5.41) is 9.80. The molecular formula is C17H19F2NO. The zero-order chi connectivity index (χ0) is 15.6. The van der Waals surface area contributed by atoms with Gasteiger partial charge in [-0.3, -0.25) is 0 Å². The largest absolute Gasteiger partial charge is 0.389 e. The number of benzene rings is 2. The van der Waals surface area contributed by atoms with Gasteiger partial charge in [-0.1, -0.05) is 24.3 Å². The Kier molecular flexibility index (Phi) is 4.58. The van der Waals surface area contributed by atoms with Crippen LogP contribution in [0.3, 0.4) is 0 Å². The summed E-state index contributed by atoms with van der Waals surface area (Å²) >= 11 is 0. The van der Waals surface area contributed by atoms with Crippen molar-refractivity contribution >= 4 is 5.69 Å². The molecule has 1 unspecified atom stereocenters. The minimum atomic E-state index is -0.934. The van der Waals surface area contributed by atoms with Gasteiger partial charge < -0.3 is 10.0 Å². The molecule has 2 aromatic carbocycles. The van der Waals surface area contributed by atoms with Crippen LogP contribution < -0.4 is 4.90 Å². The first-order valence-electron chi connectivity index (χ1n) is 6.87. The van der Waals surface area contributed by atoms with Gasteiger partial charge in [-0.2, -0.15) is 0 Å². The molecule has 1 N–H and O–H groups in total. The average molecular weight is 291 g/mol. The van der Waals surface area contributed by atoms with Crippen molar-refractivity contribution in [2.75, 3.05) is 11.9 Å². The van der Waals surface area contributed by atoms with Crippen LogP contribution in [0.1, 0.15) is 37.1 Å². The molecule has 2 nitrogen and oxygen atoms in total. The first-order valence-corrected chi connectivity index (χ1v) is 6.87. The van der Waals surface area contributed by atoms with Gasteiger partial charge in [-0.15, -0.1) is 0 Å². The number of aliphatic hydroxyl groups is 1. The number of aliphatic hydroxyl groups excluding tert-OH is 1. The van der Waals surface area contributed by atoms with Crippen molar-refractivity contribution in [3.63, 3.8) is 0 Å². The van der Waals surface area contributed by atoms with E-state index in [0.717, 1.165) is 0 Å². The molecule has 0 aliphatic rings. The molecule has 0 heterocycles. The summed E-state index contributed by atoms with van der Waals surface area (Å²) < 4.78 is 27.8. The maximum atomic E-state index is 13.9. The van der Waals surface area contributed by atoms with Crippen LogP contribution in [-0.2, 0) is 0 Å². The van der Waals surface area contributed by atoms with Crippen LogP contribution in [0.4, 0.5) is 14.5 Å². The van der Waals surface area contributed by atoms with Gasteiger partial charge in [-0.05, 0) is 32.0 Å². The topological polar surface area (TPSA) is 23.5 Å². The molecule has 0 aliphatic carbocycles. The van der Waals surface area contributed by atoms with Crippen molar-refractivity contribution in [1.82, 2.24) is 0 Å². The normalized spacial score (nSPS) is 13.8. The number of halogens is 2. The number of hydrogen-bond donors (Lipinski definition) is 1. The Balaban J connectivity index is 2.43. The highest BCUT2D eigenvalue weighted by atomic mass is 19.1. The summed E-state index contributed by atoms with van der Waals surface area (Å²) in [6.07, 6.45) is -0.934. The third-order valence-corrected chi connectivity index (χ3v) is 3.76. The summed E-state index contributed by atoms with van der Waals surface area (Å²) in [4.78, 5) is 1.77. The van der Waals surface area contributed by atoms with Gasteiger partial charge in [0, 0.05) is 23.9 Å². The third-order valence-electron chi connectivity index (χ3n) is 3.76. The van der Waals surface area contributed by atoms with E-state index in [2.05, 4.69) is 0 Å². The zero-order valence-electron chi connectivity index (χ0n) is 12.3. The van der Waals surface area contributed by atoms with Crippen LogP contribution in [0.5, 0.6) is 0 Å². The Morgan fingerprint density at radius 3 is 2.19 bits per heavy atom. The second-order valence-electron chi connectivity index (χ2n) is 5.16. The van der Waals surface area contributed by atoms with Crippen LogP contribution in [-0.4, -0.2) is 12.2 Å². The van der Waals surface area contributed by atoms with Crippen LogP contribution in [0, 0.1) is 11.6 Å². The molecule has 0 spiro atoms. The molecule has 0 radical (unpaired) electrons. The Labute approximate surface area is 123 Å². The molecule has 0 bridgehead atoms. The Morgan fingerprint density at radius 2 is 1.57 bits per heavy atom. The highest BCUT2D eigenvalue weighted by Crippen LogP contribution is 2.33. The van der Waals surface area contributed by atoms with Crippen molar-refractivity contribution in [2.45, 2.75) is 26.0 Å². The van der Waals surface area contributed by atoms with Gasteiger partial charge >= 0.3 is 0 Å². The second kappa shape index (κ2) is 6.22. The van der Waals surface area contributed by atoms with E-state index in [9.17, 15) is 13.9 Å². The van der Waals surface area contributed by atoms with E-state index in [1.165, 1.54) is 19.1 Å². The summed E-state index contributed by atoms with van der Waals surface area (Å²) in [6, 6.07) is 10.8. The van der Waals surface area contributed by atoms with E-state index in [-0.39, 0.29) is 17.4 Å². The summed E-state index contributed by atoms with van der Waals surface area (Å²) in [7, 11) is 1.76. The molecule has 0 aliphatic heterocycles. The molecule has 4 heteroatoms. The maximum Gasteiger partial charge on any atom is 0.131 e. The number of rotatable bonds is 4. The summed E-state index contributed by atoms with van der Waals surface area (Å²) in [5.74, 6) is -0.762. The lowest BCUT2D eigenvalue weighted by Gasteiger charge is -2.30. The van der Waals surface area contributed by atoms with Crippen LogP contribution in [0.25, 0.3) is 0 Å². The van der Waals surface area contributed by atoms with Crippen LogP contribution in [0.2, 0.25) is 0 Å². The predicted molar refractivity (Wildman–Crippen MR) is 80.3 cm³/mol. The maximum absolute atomic E-state index is 13.9. The van der Waals surface area contributed by atoms with Crippen LogP contribution >= 0.6 is 0 Å². The Morgan fingerprint density at radius 1 is 0.952 bits per heavy atom. The predicted octanol–water partition coefficient (Wildman–Crippen LogP) is 4.22. The zero-order valence-corrected chi connectivity index (χ0v) is 12.3. The molecule has 2 aromatic rings. The van der Waals surface area contributed by atoms with Crippen molar-refractivity contribution in [3.8, 4) is 0 Å². The fourth-order valence-electron chi connectivity index (χ4n) is 2.48. The molecular weight excluding hydrogens is 272 g/mol. The molecule has 0 saturated heterocycles. The van der Waals surface area contributed by atoms with Gasteiger partial charge in [0.1, 0.15) is 11.6 Å². The van der Waals surface area contributed by atoms with Crippen molar-refractivity contribution in [1.29, 1.82) is 0 Å². The first-order chi connectivity index (χ1) is 9.93. The molecule has 2 rings (SSSR count). The molecule has 21 heavy (non-hydrogen) atoms. The Bertz CT molecular complexity index is 628. The first kappa shape index (κ1) is 15.4. The van der Waals surface area contributed by atoms with Crippen molar-refractivity contribution in [2.24, 2.45) is 0 Å². The minimum absolute atomic E-state index is 0.225. The second-order valence-corrected chi connectivity index (χ2v) is 5.16. The van der Waals surface area contributed by atoms with E-state index >= 15 is 0 Å². The van der Waals surface area contributed by atoms with Crippen LogP contribution in [0.15, 0.2) is 42.5 Å². The molecule has 0 fully saturated rings. The van der Waals surface area contributed by atoms with E-state index < -0.39 is 11.9 Å². The van der Waals surface area contributed by atoms with Gasteiger partial charge in [0.15, 0.2) is 0 Å². The lowest BCUT2D eigenvalue weighted by atomic mass is 10.0. The monoisotopic (exact) mass is 291 g/mol. The number of anilines is 1. The average Bonchev–Trinajstić information content (AvgIpc) is 2.45. The van der Waals surface area contributed by atoms with Crippen molar-refractivity contribution in [3.05, 3.63) is 65.2 Å². The highest BCUT2D eigenvalue weighted by Gasteiger charge is 2.21. The molecule has 2 atom stereocenters.